The van der Waals surface area contributed by atoms with E-state index in [-0.39, 0.29) is 0 Å². The van der Waals surface area contributed by atoms with E-state index in [1.54, 1.807) is 0 Å². The quantitative estimate of drug-likeness (QED) is 0.198. The number of fused-ring (bicyclic) bond motifs is 6. The lowest BCUT2D eigenvalue weighted by Crippen LogP contribution is -2.17. The van der Waals surface area contributed by atoms with Gasteiger partial charge in [0.25, 0.3) is 0 Å². The molecule has 0 unspecified atom stereocenters. The molecule has 214 valence electrons. The first-order chi connectivity index (χ1) is 22.3. The molecule has 4 heteroatoms. The molecule has 1 aliphatic rings. The summed E-state index contributed by atoms with van der Waals surface area (Å²) < 4.78 is 8.83. The Labute approximate surface area is 265 Å². The Hall–Kier alpha value is -5.45. The van der Waals surface area contributed by atoms with Gasteiger partial charge in [0.05, 0.1) is 0 Å². The molecule has 8 aromatic rings. The second-order valence-electron chi connectivity index (χ2n) is 11.5. The van der Waals surface area contributed by atoms with E-state index in [2.05, 4.69) is 114 Å². The van der Waals surface area contributed by atoms with E-state index in [4.69, 9.17) is 9.40 Å². The fourth-order valence-electron chi connectivity index (χ4n) is 6.58. The highest BCUT2D eigenvalue weighted by Crippen LogP contribution is 2.41. The standard InChI is InChI=1S/C41H28N2OS/c1-3-9-29(10-4-1)41-42-40-35-25-30(16-15-28(35)19-23-37(40)44-41)27-17-20-32(21-18-27)43(31-11-5-2-6-12-31)33-22-24-39-36(26-33)34-13-7-8-14-38(34)45-39/h1-17,19-20,22-26H,18,21H2. The van der Waals surface area contributed by atoms with Gasteiger partial charge in [-0.05, 0) is 96.1 Å². The highest BCUT2D eigenvalue weighted by molar-refractivity contribution is 7.25. The molecule has 0 aliphatic heterocycles. The summed E-state index contributed by atoms with van der Waals surface area (Å²) in [4.78, 5) is 7.35. The van der Waals surface area contributed by atoms with Crippen molar-refractivity contribution in [2.45, 2.75) is 12.8 Å². The summed E-state index contributed by atoms with van der Waals surface area (Å²) in [5.74, 6) is 0.655. The molecule has 0 fully saturated rings. The first kappa shape index (κ1) is 26.0. The van der Waals surface area contributed by atoms with Gasteiger partial charge >= 0.3 is 0 Å². The fraction of sp³-hybridized carbons (Fsp3) is 0.0488. The van der Waals surface area contributed by atoms with Crippen molar-refractivity contribution < 1.29 is 4.42 Å². The lowest BCUT2D eigenvalue weighted by molar-refractivity contribution is 0.620. The lowest BCUT2D eigenvalue weighted by atomic mass is 9.93. The summed E-state index contributed by atoms with van der Waals surface area (Å²) in [6, 6.07) is 47.3. The summed E-state index contributed by atoms with van der Waals surface area (Å²) in [5.41, 5.74) is 8.92. The molecule has 45 heavy (non-hydrogen) atoms. The molecular weight excluding hydrogens is 569 g/mol. The van der Waals surface area contributed by atoms with E-state index < -0.39 is 0 Å². The Morgan fingerprint density at radius 1 is 0.578 bits per heavy atom. The summed E-state index contributed by atoms with van der Waals surface area (Å²) in [7, 11) is 0. The van der Waals surface area contributed by atoms with Crippen LogP contribution in [-0.4, -0.2) is 4.98 Å². The van der Waals surface area contributed by atoms with Crippen LogP contribution in [0.4, 0.5) is 11.4 Å². The Balaban J connectivity index is 1.11. The third-order valence-corrected chi connectivity index (χ3v) is 9.97. The van der Waals surface area contributed by atoms with Crippen LogP contribution >= 0.6 is 11.3 Å². The predicted octanol–water partition coefficient (Wildman–Crippen LogP) is 11.9. The maximum Gasteiger partial charge on any atom is 0.227 e. The largest absolute Gasteiger partial charge is 0.436 e. The normalized spacial score (nSPS) is 13.4. The van der Waals surface area contributed by atoms with Crippen molar-refractivity contribution in [1.82, 2.24) is 4.98 Å². The van der Waals surface area contributed by atoms with E-state index in [0.717, 1.165) is 34.9 Å². The zero-order valence-corrected chi connectivity index (χ0v) is 25.3. The van der Waals surface area contributed by atoms with Crippen molar-refractivity contribution in [3.8, 4) is 11.5 Å². The Kier molecular flexibility index (Phi) is 6.13. The van der Waals surface area contributed by atoms with Gasteiger partial charge in [-0.2, -0.15) is 0 Å². The predicted molar refractivity (Wildman–Crippen MR) is 190 cm³/mol. The van der Waals surface area contributed by atoms with E-state index in [1.165, 1.54) is 53.8 Å². The highest BCUT2D eigenvalue weighted by atomic mass is 32.1. The van der Waals surface area contributed by atoms with E-state index in [9.17, 15) is 0 Å². The van der Waals surface area contributed by atoms with Crippen LogP contribution in [0.15, 0.2) is 156 Å². The summed E-state index contributed by atoms with van der Waals surface area (Å²) in [6.45, 7) is 0. The zero-order chi connectivity index (χ0) is 29.7. The third kappa shape index (κ3) is 4.54. The number of hydrogen-bond donors (Lipinski definition) is 0. The van der Waals surface area contributed by atoms with Crippen molar-refractivity contribution in [2.24, 2.45) is 0 Å². The molecule has 0 saturated heterocycles. The molecule has 3 nitrogen and oxygen atoms in total. The van der Waals surface area contributed by atoms with Gasteiger partial charge in [0.15, 0.2) is 5.58 Å². The van der Waals surface area contributed by atoms with Gasteiger partial charge in [-0.15, -0.1) is 11.3 Å². The minimum Gasteiger partial charge on any atom is -0.436 e. The summed E-state index contributed by atoms with van der Waals surface area (Å²) in [6.07, 6.45) is 6.49. The molecule has 0 spiro atoms. The highest BCUT2D eigenvalue weighted by Gasteiger charge is 2.20. The number of benzene rings is 6. The van der Waals surface area contributed by atoms with Crippen molar-refractivity contribution in [3.63, 3.8) is 0 Å². The van der Waals surface area contributed by atoms with Gasteiger partial charge in [0.1, 0.15) is 5.52 Å². The van der Waals surface area contributed by atoms with Crippen LogP contribution in [-0.2, 0) is 0 Å². The van der Waals surface area contributed by atoms with Gasteiger partial charge in [0, 0.05) is 48.2 Å². The molecule has 0 amide bonds. The number of thiophene rings is 1. The number of anilines is 2. The zero-order valence-electron chi connectivity index (χ0n) is 24.5. The first-order valence-corrected chi connectivity index (χ1v) is 16.2. The van der Waals surface area contributed by atoms with E-state index in [0.29, 0.717) is 5.89 Å². The van der Waals surface area contributed by atoms with Crippen molar-refractivity contribution in [3.05, 3.63) is 157 Å². The van der Waals surface area contributed by atoms with Gasteiger partial charge in [0.2, 0.25) is 5.89 Å². The Morgan fingerprint density at radius 2 is 1.36 bits per heavy atom. The number of aromatic nitrogens is 1. The molecular formula is C41H28N2OS. The minimum absolute atomic E-state index is 0.655. The average Bonchev–Trinajstić information content (AvgIpc) is 3.72. The number of allylic oxidation sites excluding steroid dienone is 4. The van der Waals surface area contributed by atoms with Crippen molar-refractivity contribution in [1.29, 1.82) is 0 Å². The second-order valence-corrected chi connectivity index (χ2v) is 12.6. The van der Waals surface area contributed by atoms with Gasteiger partial charge in [-0.1, -0.05) is 78.9 Å². The van der Waals surface area contributed by atoms with Crippen LogP contribution in [0.3, 0.4) is 0 Å². The number of nitrogens with zero attached hydrogens (tertiary/aromatic N) is 2. The third-order valence-electron chi connectivity index (χ3n) is 8.82. The minimum atomic E-state index is 0.655. The van der Waals surface area contributed by atoms with Crippen LogP contribution in [0, 0.1) is 0 Å². The number of hydrogen-bond acceptors (Lipinski definition) is 4. The smallest absolute Gasteiger partial charge is 0.227 e. The molecule has 0 atom stereocenters. The van der Waals surface area contributed by atoms with E-state index >= 15 is 0 Å². The number of para-hydroxylation sites is 1. The van der Waals surface area contributed by atoms with Crippen LogP contribution in [0.5, 0.6) is 0 Å². The monoisotopic (exact) mass is 596 g/mol. The molecule has 0 saturated carbocycles. The molecule has 0 radical (unpaired) electrons. The Bertz CT molecular complexity index is 2430. The van der Waals surface area contributed by atoms with Crippen LogP contribution in [0.25, 0.3) is 59.1 Å². The summed E-state index contributed by atoms with van der Waals surface area (Å²) >= 11 is 1.86. The van der Waals surface area contributed by atoms with Gasteiger partial charge < -0.3 is 9.32 Å². The van der Waals surface area contributed by atoms with Gasteiger partial charge in [-0.25, -0.2) is 4.98 Å². The lowest BCUT2D eigenvalue weighted by Gasteiger charge is -2.30. The SMILES string of the molecule is C1=C(c2ccc3ccc4oc(-c5ccccc5)nc4c3c2)CCC(N(c2ccccc2)c2ccc3sc4ccccc4c3c2)=C1. The Morgan fingerprint density at radius 3 is 2.20 bits per heavy atom. The maximum atomic E-state index is 6.18. The number of oxazole rings is 1. The second kappa shape index (κ2) is 10.6. The average molecular weight is 597 g/mol. The molecule has 1 aliphatic carbocycles. The first-order valence-electron chi connectivity index (χ1n) is 15.3. The van der Waals surface area contributed by atoms with E-state index in [1.807, 2.05) is 47.7 Å². The molecule has 6 aromatic carbocycles. The number of rotatable bonds is 5. The molecule has 2 aromatic heterocycles. The van der Waals surface area contributed by atoms with Crippen molar-refractivity contribution in [2.75, 3.05) is 4.90 Å². The summed E-state index contributed by atoms with van der Waals surface area (Å²) in [5, 5.41) is 4.92. The molecule has 2 heterocycles. The van der Waals surface area contributed by atoms with Gasteiger partial charge in [-0.3, -0.25) is 0 Å². The molecule has 0 N–H and O–H groups in total. The fourth-order valence-corrected chi connectivity index (χ4v) is 7.66. The molecule has 9 rings (SSSR count). The molecule has 0 bridgehead atoms. The van der Waals surface area contributed by atoms with Crippen molar-refractivity contribution >= 4 is 70.3 Å². The maximum absolute atomic E-state index is 6.18. The topological polar surface area (TPSA) is 29.3 Å². The van der Waals surface area contributed by atoms with Crippen LogP contribution < -0.4 is 4.90 Å². The van der Waals surface area contributed by atoms with Crippen LogP contribution in [0.2, 0.25) is 0 Å². The van der Waals surface area contributed by atoms with Crippen LogP contribution in [0.1, 0.15) is 18.4 Å².